The summed E-state index contributed by atoms with van der Waals surface area (Å²) < 4.78 is 0. The maximum atomic E-state index is 2.51. The number of hydrogen-bond acceptors (Lipinski definition) is 1. The number of hydrogen-bond donors (Lipinski definition) is 0. The van der Waals surface area contributed by atoms with Crippen molar-refractivity contribution in [3.8, 4) is 44.5 Å². The third-order valence-electron chi connectivity index (χ3n) is 15.7. The van der Waals surface area contributed by atoms with E-state index in [1.165, 1.54) is 106 Å². The van der Waals surface area contributed by atoms with E-state index in [2.05, 4.69) is 255 Å². The average Bonchev–Trinajstić information content (AvgIpc) is 3.97. The second-order valence-corrected chi connectivity index (χ2v) is 19.1. The van der Waals surface area contributed by atoms with Gasteiger partial charge in [-0.2, -0.15) is 0 Å². The van der Waals surface area contributed by atoms with Crippen LogP contribution in [-0.4, -0.2) is 0 Å². The van der Waals surface area contributed by atoms with E-state index in [0.29, 0.717) is 0 Å². The van der Waals surface area contributed by atoms with Crippen molar-refractivity contribution in [1.82, 2.24) is 0 Å². The van der Waals surface area contributed by atoms with Gasteiger partial charge in [0.25, 0.3) is 0 Å². The van der Waals surface area contributed by atoms with E-state index < -0.39 is 10.8 Å². The predicted molar refractivity (Wildman–Crippen MR) is 272 cm³/mol. The van der Waals surface area contributed by atoms with Gasteiger partial charge in [-0.25, -0.2) is 0 Å². The van der Waals surface area contributed by atoms with Crippen molar-refractivity contribution in [2.24, 2.45) is 0 Å². The SMILES string of the molecule is CC1(C)c2ccccc2C2(c3ccccc3-c3ccccc32)c2ccc(-c3cccc(N(c4ccccc4)c4cccc5c4C4(c6ccccc6-c6ccccc64)c4ccccc4-5)c3)cc21. The van der Waals surface area contributed by atoms with Crippen LogP contribution in [-0.2, 0) is 16.2 Å². The Kier molecular flexibility index (Phi) is 7.66. The largest absolute Gasteiger partial charge is 0.310 e. The number of fused-ring (bicyclic) bond motifs is 19. The molecule has 2 spiro atoms. The van der Waals surface area contributed by atoms with Crippen LogP contribution in [0.3, 0.4) is 0 Å². The third-order valence-corrected chi connectivity index (χ3v) is 15.7. The summed E-state index contributed by atoms with van der Waals surface area (Å²) >= 11 is 0. The number of nitrogens with zero attached hydrogens (tertiary/aromatic N) is 1. The molecule has 0 bridgehead atoms. The van der Waals surface area contributed by atoms with Gasteiger partial charge in [-0.1, -0.05) is 214 Å². The highest BCUT2D eigenvalue weighted by Gasteiger charge is 2.55. The minimum absolute atomic E-state index is 0.241. The van der Waals surface area contributed by atoms with Crippen LogP contribution in [0.4, 0.5) is 17.1 Å². The maximum absolute atomic E-state index is 2.51. The first-order valence-electron chi connectivity index (χ1n) is 23.3. The van der Waals surface area contributed by atoms with Gasteiger partial charge in [0.1, 0.15) is 0 Å². The first-order valence-corrected chi connectivity index (χ1v) is 23.3. The van der Waals surface area contributed by atoms with Gasteiger partial charge in [0.2, 0.25) is 0 Å². The Morgan fingerprint density at radius 3 is 1.26 bits per heavy atom. The lowest BCUT2D eigenvalue weighted by molar-refractivity contribution is 0.563. The highest BCUT2D eigenvalue weighted by Crippen LogP contribution is 2.66. The van der Waals surface area contributed by atoms with Crippen molar-refractivity contribution in [2.45, 2.75) is 30.1 Å². The van der Waals surface area contributed by atoms with Gasteiger partial charge < -0.3 is 4.90 Å². The Morgan fingerprint density at radius 1 is 0.273 bits per heavy atom. The van der Waals surface area contributed by atoms with Crippen molar-refractivity contribution >= 4 is 17.1 Å². The summed E-state index contributed by atoms with van der Waals surface area (Å²) in [6.45, 7) is 4.84. The monoisotopic (exact) mass is 839 g/mol. The highest BCUT2D eigenvalue weighted by atomic mass is 15.1. The quantitative estimate of drug-likeness (QED) is 0.171. The Bertz CT molecular complexity index is 3540. The molecule has 0 saturated carbocycles. The van der Waals surface area contributed by atoms with Crippen molar-refractivity contribution in [3.63, 3.8) is 0 Å². The zero-order chi connectivity index (χ0) is 43.8. The first-order chi connectivity index (χ1) is 32.5. The van der Waals surface area contributed by atoms with Gasteiger partial charge in [0, 0.05) is 22.4 Å². The van der Waals surface area contributed by atoms with Gasteiger partial charge in [-0.05, 0) is 131 Å². The lowest BCUT2D eigenvalue weighted by Crippen LogP contribution is -2.40. The molecule has 0 fully saturated rings. The van der Waals surface area contributed by atoms with Crippen molar-refractivity contribution in [1.29, 1.82) is 0 Å². The summed E-state index contributed by atoms with van der Waals surface area (Å²) in [5.41, 5.74) is 26.1. The van der Waals surface area contributed by atoms with Gasteiger partial charge in [-0.3, -0.25) is 0 Å². The normalized spacial score (nSPS) is 15.2. The van der Waals surface area contributed by atoms with E-state index in [-0.39, 0.29) is 5.41 Å². The highest BCUT2D eigenvalue weighted by molar-refractivity contribution is 6.00. The molecule has 1 heteroatoms. The van der Waals surface area contributed by atoms with Crippen LogP contribution in [0.5, 0.6) is 0 Å². The van der Waals surface area contributed by atoms with Gasteiger partial charge in [-0.15, -0.1) is 0 Å². The summed E-state index contributed by atoms with van der Waals surface area (Å²) in [6.07, 6.45) is 0. The molecule has 0 aliphatic heterocycles. The van der Waals surface area contributed by atoms with E-state index in [4.69, 9.17) is 0 Å². The van der Waals surface area contributed by atoms with Gasteiger partial charge in [0.15, 0.2) is 0 Å². The maximum Gasteiger partial charge on any atom is 0.0746 e. The molecular weight excluding hydrogens is 795 g/mol. The van der Waals surface area contributed by atoms with Crippen molar-refractivity contribution in [2.75, 3.05) is 4.90 Å². The van der Waals surface area contributed by atoms with E-state index in [1.54, 1.807) is 0 Å². The summed E-state index contributed by atoms with van der Waals surface area (Å²) in [6, 6.07) is 89.3. The molecule has 14 rings (SSSR count). The van der Waals surface area contributed by atoms with Crippen LogP contribution < -0.4 is 4.90 Å². The molecule has 0 amide bonds. The molecule has 0 radical (unpaired) electrons. The average molecular weight is 840 g/mol. The van der Waals surface area contributed by atoms with Crippen LogP contribution in [0, 0.1) is 0 Å². The zero-order valence-corrected chi connectivity index (χ0v) is 37.0. The van der Waals surface area contributed by atoms with Crippen molar-refractivity contribution < 1.29 is 0 Å². The molecule has 4 aliphatic rings. The van der Waals surface area contributed by atoms with Crippen LogP contribution >= 0.6 is 0 Å². The number of anilines is 3. The molecule has 10 aromatic rings. The number of rotatable bonds is 4. The first kappa shape index (κ1) is 37.4. The second kappa shape index (κ2) is 13.5. The lowest BCUT2D eigenvalue weighted by atomic mass is 9.55. The molecular formula is C65H45N. The number of para-hydroxylation sites is 1. The fourth-order valence-corrected chi connectivity index (χ4v) is 13.2. The van der Waals surface area contributed by atoms with E-state index >= 15 is 0 Å². The summed E-state index contributed by atoms with van der Waals surface area (Å²) in [7, 11) is 0. The molecule has 66 heavy (non-hydrogen) atoms. The molecule has 0 N–H and O–H groups in total. The van der Waals surface area contributed by atoms with Crippen LogP contribution in [0.15, 0.2) is 237 Å². The number of benzene rings is 10. The topological polar surface area (TPSA) is 3.24 Å². The Labute approximate surface area is 387 Å². The summed E-state index contributed by atoms with van der Waals surface area (Å²) in [4.78, 5) is 2.51. The summed E-state index contributed by atoms with van der Waals surface area (Å²) in [5.74, 6) is 0. The van der Waals surface area contributed by atoms with Gasteiger partial charge >= 0.3 is 0 Å². The molecule has 0 aromatic heterocycles. The smallest absolute Gasteiger partial charge is 0.0746 e. The molecule has 4 aliphatic carbocycles. The predicted octanol–water partition coefficient (Wildman–Crippen LogP) is 16.2. The second-order valence-electron chi connectivity index (χ2n) is 19.1. The lowest BCUT2D eigenvalue weighted by Gasteiger charge is -2.46. The molecule has 0 saturated heterocycles. The minimum Gasteiger partial charge on any atom is -0.310 e. The fraction of sp³-hybridized carbons (Fsp3) is 0.0769. The third kappa shape index (κ3) is 4.64. The standard InChI is InChI=1S/C65H45N/c1-63(2)57-35-16-17-36-58(57)64(52-30-11-6-24-46(52)47-25-7-12-31-53(47)64)59-39-38-43(41-60(59)63)42-20-18-23-45(40-42)66(44-21-4-3-5-22-44)61-37-19-29-51-50-28-10-15-34-56(50)65(62(51)61)54-32-13-8-26-48(54)49-27-9-14-33-55(49)65/h3-41H,1-2H3. The summed E-state index contributed by atoms with van der Waals surface area (Å²) in [5, 5.41) is 0. The molecule has 10 aromatic carbocycles. The van der Waals surface area contributed by atoms with Crippen LogP contribution in [0.25, 0.3) is 44.5 Å². The molecule has 0 atom stereocenters. The molecule has 310 valence electrons. The van der Waals surface area contributed by atoms with Crippen LogP contribution in [0.2, 0.25) is 0 Å². The van der Waals surface area contributed by atoms with Gasteiger partial charge in [0.05, 0.1) is 16.5 Å². The van der Waals surface area contributed by atoms with Crippen LogP contribution in [0.1, 0.15) is 69.5 Å². The van der Waals surface area contributed by atoms with E-state index in [9.17, 15) is 0 Å². The Hall–Kier alpha value is -8.00. The minimum atomic E-state index is -0.492. The fourth-order valence-electron chi connectivity index (χ4n) is 13.2. The zero-order valence-electron chi connectivity index (χ0n) is 37.0. The Balaban J connectivity index is 0.989. The molecule has 0 unspecified atom stereocenters. The Morgan fingerprint density at radius 2 is 0.682 bits per heavy atom. The van der Waals surface area contributed by atoms with E-state index in [1.807, 2.05) is 0 Å². The van der Waals surface area contributed by atoms with E-state index in [0.717, 1.165) is 11.4 Å². The molecule has 0 heterocycles. The molecule has 1 nitrogen and oxygen atoms in total. The van der Waals surface area contributed by atoms with Crippen molar-refractivity contribution in [3.05, 3.63) is 292 Å².